The van der Waals surface area contributed by atoms with Gasteiger partial charge in [0.05, 0.1) is 12.2 Å². The van der Waals surface area contributed by atoms with Crippen molar-refractivity contribution in [1.29, 1.82) is 0 Å². The van der Waals surface area contributed by atoms with Crippen molar-refractivity contribution < 1.29 is 9.90 Å². The van der Waals surface area contributed by atoms with Crippen molar-refractivity contribution in [2.24, 2.45) is 11.8 Å². The highest BCUT2D eigenvalue weighted by Crippen LogP contribution is 2.49. The topological polar surface area (TPSA) is 72.5 Å². The van der Waals surface area contributed by atoms with Crippen molar-refractivity contribution in [3.05, 3.63) is 16.7 Å². The number of aromatic amines is 1. The number of imidazole rings is 1. The normalized spacial score (nSPS) is 31.8. The first-order valence-electron chi connectivity index (χ1n) is 9.50. The minimum Gasteiger partial charge on any atom is -0.480 e. The van der Waals surface area contributed by atoms with Crippen LogP contribution in [0.4, 0.5) is 0 Å². The number of hydrogen-bond acceptors (Lipinski definition) is 4. The number of aliphatic carboxylic acids is 1. The van der Waals surface area contributed by atoms with E-state index in [2.05, 4.69) is 26.7 Å². The van der Waals surface area contributed by atoms with Crippen LogP contribution in [-0.2, 0) is 17.8 Å². The number of carboxylic acid groups (broad SMARTS) is 1. The fourth-order valence-electron chi connectivity index (χ4n) is 5.35. The minimum absolute atomic E-state index is 0.204. The van der Waals surface area contributed by atoms with Gasteiger partial charge in [0.1, 0.15) is 5.82 Å². The highest BCUT2D eigenvalue weighted by atomic mass is 35.5. The van der Waals surface area contributed by atoms with Crippen molar-refractivity contribution >= 4 is 17.6 Å². The number of nitrogens with one attached hydrogen (secondary N) is 1. The van der Waals surface area contributed by atoms with Gasteiger partial charge in [-0.2, -0.15) is 0 Å². The number of hydrogen-bond donors (Lipinski definition) is 2. The Morgan fingerprint density at radius 3 is 2.60 bits per heavy atom. The smallest absolute Gasteiger partial charge is 0.317 e. The molecule has 0 aliphatic carbocycles. The molecule has 0 aromatic carbocycles. The molecule has 3 aliphatic rings. The summed E-state index contributed by atoms with van der Waals surface area (Å²) in [6.45, 7) is 5.29. The average molecular weight is 367 g/mol. The second-order valence-corrected chi connectivity index (χ2v) is 8.21. The van der Waals surface area contributed by atoms with Crippen LogP contribution in [0.5, 0.6) is 0 Å². The van der Waals surface area contributed by atoms with Gasteiger partial charge in [0.25, 0.3) is 0 Å². The summed E-state index contributed by atoms with van der Waals surface area (Å²) in [6, 6.07) is 0.905. The number of likely N-dealkylation sites (tertiary alicyclic amines) is 1. The van der Waals surface area contributed by atoms with Gasteiger partial charge in [-0.25, -0.2) is 4.98 Å². The van der Waals surface area contributed by atoms with E-state index in [1.807, 2.05) is 0 Å². The summed E-state index contributed by atoms with van der Waals surface area (Å²) < 4.78 is 0. The fourth-order valence-corrected chi connectivity index (χ4v) is 5.55. The molecule has 4 heterocycles. The summed E-state index contributed by atoms with van der Waals surface area (Å²) in [4.78, 5) is 23.7. The molecule has 0 radical (unpaired) electrons. The molecule has 0 amide bonds. The molecule has 2 N–H and O–H groups in total. The Bertz CT molecular complexity index is 629. The van der Waals surface area contributed by atoms with Crippen molar-refractivity contribution in [3.8, 4) is 0 Å². The first kappa shape index (κ1) is 17.3. The number of rotatable bonds is 7. The molecular formula is C18H27ClN4O2. The molecule has 3 aliphatic heterocycles. The average Bonchev–Trinajstić information content (AvgIpc) is 3.28. The van der Waals surface area contributed by atoms with E-state index in [9.17, 15) is 4.79 Å². The summed E-state index contributed by atoms with van der Waals surface area (Å²) in [5.41, 5.74) is 1.03. The van der Waals surface area contributed by atoms with Crippen LogP contribution in [0.2, 0.25) is 5.15 Å². The van der Waals surface area contributed by atoms with Gasteiger partial charge < -0.3 is 10.1 Å². The van der Waals surface area contributed by atoms with E-state index in [0.717, 1.165) is 63.3 Å². The van der Waals surface area contributed by atoms with Crippen LogP contribution in [0.15, 0.2) is 0 Å². The molecular weight excluding hydrogens is 340 g/mol. The molecule has 3 fully saturated rings. The fraction of sp³-hybridized carbons (Fsp3) is 0.778. The van der Waals surface area contributed by atoms with E-state index >= 15 is 0 Å². The van der Waals surface area contributed by atoms with Gasteiger partial charge in [0.15, 0.2) is 5.15 Å². The molecule has 0 saturated carbocycles. The number of aryl methyl sites for hydroxylation is 1. The summed E-state index contributed by atoms with van der Waals surface area (Å²) in [7, 11) is 0. The van der Waals surface area contributed by atoms with Crippen LogP contribution in [0.3, 0.4) is 0 Å². The van der Waals surface area contributed by atoms with Gasteiger partial charge in [0.2, 0.25) is 0 Å². The van der Waals surface area contributed by atoms with Crippen molar-refractivity contribution in [3.63, 3.8) is 0 Å². The lowest BCUT2D eigenvalue weighted by molar-refractivity contribution is -0.138. The van der Waals surface area contributed by atoms with Crippen LogP contribution >= 0.6 is 11.6 Å². The molecule has 1 aromatic heterocycles. The molecule has 0 spiro atoms. The van der Waals surface area contributed by atoms with Crippen LogP contribution in [-0.4, -0.2) is 62.6 Å². The molecule has 3 saturated heterocycles. The quantitative estimate of drug-likeness (QED) is 0.775. The largest absolute Gasteiger partial charge is 0.480 e. The Labute approximate surface area is 153 Å². The molecule has 0 unspecified atom stereocenters. The Hall–Kier alpha value is -1.11. The maximum atomic E-state index is 11.1. The Balaban J connectivity index is 1.39. The van der Waals surface area contributed by atoms with Gasteiger partial charge in [-0.05, 0) is 31.1 Å². The predicted octanol–water partition coefficient (Wildman–Crippen LogP) is 2.38. The number of halogens is 1. The molecule has 7 heteroatoms. The molecule has 138 valence electrons. The van der Waals surface area contributed by atoms with E-state index in [-0.39, 0.29) is 6.54 Å². The SMILES string of the molecule is CCCCc1nc(Cl)c(CN2C[C@@H]3[C@H](C2)[C@@H]2CC[C@H]3N2CC(=O)O)[nH]1. The van der Waals surface area contributed by atoms with E-state index < -0.39 is 5.97 Å². The van der Waals surface area contributed by atoms with Crippen LogP contribution < -0.4 is 0 Å². The third-order valence-corrected chi connectivity index (χ3v) is 6.64. The van der Waals surface area contributed by atoms with Crippen molar-refractivity contribution in [2.75, 3.05) is 19.6 Å². The number of H-pyrrole nitrogens is 1. The zero-order valence-electron chi connectivity index (χ0n) is 14.7. The number of aromatic nitrogens is 2. The van der Waals surface area contributed by atoms with Gasteiger partial charge in [-0.15, -0.1) is 0 Å². The Morgan fingerprint density at radius 1 is 1.32 bits per heavy atom. The summed E-state index contributed by atoms with van der Waals surface area (Å²) >= 11 is 6.33. The van der Waals surface area contributed by atoms with Crippen molar-refractivity contribution in [1.82, 2.24) is 19.8 Å². The van der Waals surface area contributed by atoms with Gasteiger partial charge in [0, 0.05) is 38.1 Å². The highest BCUT2D eigenvalue weighted by Gasteiger charge is 2.56. The summed E-state index contributed by atoms with van der Waals surface area (Å²) in [6.07, 6.45) is 5.53. The minimum atomic E-state index is -0.697. The first-order chi connectivity index (χ1) is 12.1. The van der Waals surface area contributed by atoms with Crippen LogP contribution in [0.25, 0.3) is 0 Å². The van der Waals surface area contributed by atoms with E-state index in [1.54, 1.807) is 0 Å². The second kappa shape index (κ2) is 6.89. The third kappa shape index (κ3) is 3.20. The molecule has 4 atom stereocenters. The maximum Gasteiger partial charge on any atom is 0.317 e. The first-order valence-corrected chi connectivity index (χ1v) is 9.87. The van der Waals surface area contributed by atoms with E-state index in [1.165, 1.54) is 0 Å². The van der Waals surface area contributed by atoms with Crippen molar-refractivity contribution in [2.45, 2.75) is 57.7 Å². The molecule has 2 bridgehead atoms. The Morgan fingerprint density at radius 2 is 2.00 bits per heavy atom. The third-order valence-electron chi connectivity index (χ3n) is 6.33. The number of fused-ring (bicyclic) bond motifs is 5. The highest BCUT2D eigenvalue weighted by molar-refractivity contribution is 6.30. The predicted molar refractivity (Wildman–Crippen MR) is 95.6 cm³/mol. The zero-order valence-corrected chi connectivity index (χ0v) is 15.5. The van der Waals surface area contributed by atoms with Gasteiger partial charge in [-0.3, -0.25) is 14.6 Å². The standard InChI is InChI=1S/C18H27ClN4O2/c1-2-3-4-16-20-13(18(19)21-16)9-22-7-11-12(8-22)15-6-5-14(11)23(15)10-17(24)25/h11-12,14-15H,2-10H2,1H3,(H,20,21)(H,24,25)/t11-,12+,14-,15+. The molecule has 6 nitrogen and oxygen atoms in total. The number of nitrogens with zero attached hydrogens (tertiary/aromatic N) is 3. The maximum absolute atomic E-state index is 11.1. The molecule has 25 heavy (non-hydrogen) atoms. The molecule has 1 aromatic rings. The summed E-state index contributed by atoms with van der Waals surface area (Å²) in [5, 5.41) is 9.77. The lowest BCUT2D eigenvalue weighted by atomic mass is 9.82. The summed E-state index contributed by atoms with van der Waals surface area (Å²) in [5.74, 6) is 1.52. The monoisotopic (exact) mass is 366 g/mol. The van der Waals surface area contributed by atoms with E-state index in [4.69, 9.17) is 16.7 Å². The van der Waals surface area contributed by atoms with Gasteiger partial charge in [-0.1, -0.05) is 24.9 Å². The number of carbonyl (C=O) groups is 1. The number of unbranched alkanes of at least 4 members (excludes halogenated alkanes) is 1. The van der Waals surface area contributed by atoms with Crippen LogP contribution in [0.1, 0.15) is 44.1 Å². The van der Waals surface area contributed by atoms with E-state index in [0.29, 0.717) is 29.1 Å². The lowest BCUT2D eigenvalue weighted by Gasteiger charge is -2.25. The van der Waals surface area contributed by atoms with Gasteiger partial charge >= 0.3 is 5.97 Å². The Kier molecular flexibility index (Phi) is 4.77. The van der Waals surface area contributed by atoms with Crippen LogP contribution in [0, 0.1) is 11.8 Å². The zero-order chi connectivity index (χ0) is 17.6. The molecule has 4 rings (SSSR count). The second-order valence-electron chi connectivity index (χ2n) is 7.86. The number of carboxylic acids is 1. The lowest BCUT2D eigenvalue weighted by Crippen LogP contribution is -2.38.